The Morgan fingerprint density at radius 3 is 2.24 bits per heavy atom. The molecule has 1 fully saturated rings. The van der Waals surface area contributed by atoms with E-state index in [1.807, 2.05) is 6.07 Å². The van der Waals surface area contributed by atoms with Crippen LogP contribution in [0.1, 0.15) is 38.1 Å². The first-order valence-corrected chi connectivity index (χ1v) is 10.2. The summed E-state index contributed by atoms with van der Waals surface area (Å²) < 4.78 is 22.4. The molecule has 2 heterocycles. The van der Waals surface area contributed by atoms with Gasteiger partial charge in [-0.3, -0.25) is 28.7 Å². The fourth-order valence-corrected chi connectivity index (χ4v) is 3.34. The molecule has 1 N–H and O–H groups in total. The van der Waals surface area contributed by atoms with Crippen molar-refractivity contribution >= 4 is 17.9 Å². The largest absolute Gasteiger partial charge is 0.463 e. The van der Waals surface area contributed by atoms with Crippen molar-refractivity contribution in [2.24, 2.45) is 0 Å². The molecular weight excluding hydrogens is 448 g/mol. The van der Waals surface area contributed by atoms with Crippen molar-refractivity contribution in [3.05, 3.63) is 68.5 Å². The summed E-state index contributed by atoms with van der Waals surface area (Å²) in [5.41, 5.74) is -1.00. The average Bonchev–Trinajstić information content (AvgIpc) is 3.08. The van der Waals surface area contributed by atoms with Crippen molar-refractivity contribution in [1.82, 2.24) is 9.55 Å². The first kappa shape index (κ1) is 24.5. The summed E-state index contributed by atoms with van der Waals surface area (Å²) in [5, 5.41) is 0. The van der Waals surface area contributed by atoms with Crippen LogP contribution in [-0.4, -0.2) is 52.4 Å². The molecule has 0 spiro atoms. The first-order valence-electron chi connectivity index (χ1n) is 10.2. The van der Waals surface area contributed by atoms with Gasteiger partial charge in [0.05, 0.1) is 0 Å². The van der Waals surface area contributed by atoms with Gasteiger partial charge in [-0.15, -0.1) is 0 Å². The lowest BCUT2D eigenvalue weighted by atomic mass is 10.1. The van der Waals surface area contributed by atoms with Crippen LogP contribution in [0, 0.1) is 11.8 Å². The first-order chi connectivity index (χ1) is 16.2. The van der Waals surface area contributed by atoms with Gasteiger partial charge < -0.3 is 18.9 Å². The molecule has 0 saturated carbocycles. The van der Waals surface area contributed by atoms with E-state index in [0.717, 1.165) is 24.6 Å². The fraction of sp³-hybridized carbons (Fsp3) is 0.348. The predicted octanol–water partition coefficient (Wildman–Crippen LogP) is 0.260. The Morgan fingerprint density at radius 1 is 0.971 bits per heavy atom. The maximum absolute atomic E-state index is 12.6. The zero-order chi connectivity index (χ0) is 24.8. The third-order valence-electron chi connectivity index (χ3n) is 4.70. The second kappa shape index (κ2) is 10.6. The molecule has 1 aromatic heterocycles. The minimum atomic E-state index is -1.31. The number of nitrogens with zero attached hydrogens (tertiary/aromatic N) is 1. The van der Waals surface area contributed by atoms with Gasteiger partial charge in [-0.1, -0.05) is 30.0 Å². The van der Waals surface area contributed by atoms with Gasteiger partial charge in [0, 0.05) is 32.5 Å². The van der Waals surface area contributed by atoms with Crippen LogP contribution in [0.4, 0.5) is 0 Å². The predicted molar refractivity (Wildman–Crippen MR) is 115 cm³/mol. The molecule has 3 rings (SSSR count). The normalized spacial score (nSPS) is 21.1. The third kappa shape index (κ3) is 5.99. The van der Waals surface area contributed by atoms with Crippen LogP contribution in [0.2, 0.25) is 0 Å². The third-order valence-corrected chi connectivity index (χ3v) is 4.70. The highest BCUT2D eigenvalue weighted by molar-refractivity contribution is 5.68. The van der Waals surface area contributed by atoms with Crippen molar-refractivity contribution in [2.75, 3.05) is 6.61 Å². The van der Waals surface area contributed by atoms with E-state index < -0.39 is 53.7 Å². The molecule has 0 bridgehead atoms. The Morgan fingerprint density at radius 2 is 1.62 bits per heavy atom. The van der Waals surface area contributed by atoms with Crippen LogP contribution >= 0.6 is 0 Å². The maximum atomic E-state index is 12.6. The molecule has 34 heavy (non-hydrogen) atoms. The number of H-pyrrole nitrogens is 1. The van der Waals surface area contributed by atoms with E-state index >= 15 is 0 Å². The number of aromatic amines is 1. The number of rotatable bonds is 5. The van der Waals surface area contributed by atoms with Gasteiger partial charge in [-0.05, 0) is 12.1 Å². The van der Waals surface area contributed by atoms with Crippen molar-refractivity contribution in [1.29, 1.82) is 0 Å². The molecule has 2 aromatic rings. The molecule has 178 valence electrons. The number of benzene rings is 1. The van der Waals surface area contributed by atoms with E-state index in [0.29, 0.717) is 5.56 Å². The average molecular weight is 470 g/mol. The van der Waals surface area contributed by atoms with Crippen LogP contribution in [-0.2, 0) is 33.3 Å². The Labute approximate surface area is 193 Å². The highest BCUT2D eigenvalue weighted by Gasteiger charge is 2.51. The highest BCUT2D eigenvalue weighted by atomic mass is 16.7. The molecule has 0 radical (unpaired) electrons. The quantitative estimate of drug-likeness (QED) is 0.370. The number of hydrogen-bond acceptors (Lipinski definition) is 9. The van der Waals surface area contributed by atoms with Crippen molar-refractivity contribution in [3.63, 3.8) is 0 Å². The van der Waals surface area contributed by atoms with Gasteiger partial charge >= 0.3 is 23.6 Å². The molecule has 0 unspecified atom stereocenters. The summed E-state index contributed by atoms with van der Waals surface area (Å²) in [6.45, 7) is 3.12. The number of nitrogens with one attached hydrogen (secondary N) is 1. The molecule has 1 saturated heterocycles. The highest BCUT2D eigenvalue weighted by Crippen LogP contribution is 2.33. The summed E-state index contributed by atoms with van der Waals surface area (Å²) >= 11 is 0. The number of carbonyl (C=O) groups is 3. The van der Waals surface area contributed by atoms with Crippen LogP contribution in [0.25, 0.3) is 0 Å². The van der Waals surface area contributed by atoms with Gasteiger partial charge in [0.15, 0.2) is 18.4 Å². The Kier molecular flexibility index (Phi) is 7.65. The van der Waals surface area contributed by atoms with E-state index in [1.54, 1.807) is 24.3 Å². The van der Waals surface area contributed by atoms with Gasteiger partial charge in [-0.25, -0.2) is 4.79 Å². The number of hydrogen-bond donors (Lipinski definition) is 1. The van der Waals surface area contributed by atoms with E-state index in [1.165, 1.54) is 6.92 Å². The maximum Gasteiger partial charge on any atom is 0.330 e. The molecule has 1 aliphatic heterocycles. The summed E-state index contributed by atoms with van der Waals surface area (Å²) in [7, 11) is 0. The Bertz CT molecular complexity index is 1250. The fourth-order valence-electron chi connectivity index (χ4n) is 3.34. The number of ether oxygens (including phenoxy) is 4. The Balaban J connectivity index is 2.04. The molecule has 1 aromatic carbocycles. The van der Waals surface area contributed by atoms with Crippen molar-refractivity contribution in [3.8, 4) is 11.8 Å². The van der Waals surface area contributed by atoms with Crippen LogP contribution < -0.4 is 11.2 Å². The molecule has 11 nitrogen and oxygen atoms in total. The number of aromatic nitrogens is 2. The van der Waals surface area contributed by atoms with Gasteiger partial charge in [0.1, 0.15) is 18.3 Å². The van der Waals surface area contributed by atoms with Gasteiger partial charge in [-0.2, -0.15) is 0 Å². The zero-order valence-corrected chi connectivity index (χ0v) is 18.6. The summed E-state index contributed by atoms with van der Waals surface area (Å²) in [4.78, 5) is 61.8. The van der Waals surface area contributed by atoms with Gasteiger partial charge in [0.2, 0.25) is 0 Å². The van der Waals surface area contributed by atoms with E-state index in [4.69, 9.17) is 18.9 Å². The molecule has 1 aliphatic rings. The van der Waals surface area contributed by atoms with E-state index in [2.05, 4.69) is 16.8 Å². The van der Waals surface area contributed by atoms with Crippen molar-refractivity contribution in [2.45, 2.75) is 45.3 Å². The lowest BCUT2D eigenvalue weighted by molar-refractivity contribution is -0.166. The molecule has 0 amide bonds. The second-order valence-electron chi connectivity index (χ2n) is 7.34. The molecule has 11 heteroatoms. The lowest BCUT2D eigenvalue weighted by Gasteiger charge is -2.23. The second-order valence-corrected chi connectivity index (χ2v) is 7.34. The standard InChI is InChI=1S/C23H22N2O9/c1-13(26)31-12-18-19(32-14(2)27)20(33-15(3)28)22(34-18)25-11-17(21(29)24-23(25)30)10-9-16-7-5-4-6-8-16/h4-8,11,18-20,22H,12H2,1-3H3,(H,24,29,30)/t18-,19-,20-,22-/m1/s1. The molecular formula is C23H22N2O9. The van der Waals surface area contributed by atoms with Crippen LogP contribution in [0.15, 0.2) is 46.1 Å². The summed E-state index contributed by atoms with van der Waals surface area (Å²) in [6, 6.07) is 8.87. The summed E-state index contributed by atoms with van der Waals surface area (Å²) in [5.74, 6) is 3.47. The van der Waals surface area contributed by atoms with E-state index in [-0.39, 0.29) is 12.2 Å². The molecule has 4 atom stereocenters. The Hall–Kier alpha value is -4.17. The number of carbonyl (C=O) groups excluding carboxylic acids is 3. The van der Waals surface area contributed by atoms with E-state index in [9.17, 15) is 24.0 Å². The zero-order valence-electron chi connectivity index (χ0n) is 18.6. The minimum Gasteiger partial charge on any atom is -0.463 e. The van der Waals surface area contributed by atoms with Crippen LogP contribution in [0.5, 0.6) is 0 Å². The van der Waals surface area contributed by atoms with Crippen LogP contribution in [0.3, 0.4) is 0 Å². The van der Waals surface area contributed by atoms with Crippen molar-refractivity contribution < 1.29 is 33.3 Å². The lowest BCUT2D eigenvalue weighted by Crippen LogP contribution is -2.42. The molecule has 0 aliphatic carbocycles. The SMILES string of the molecule is CC(=O)OC[C@H]1O[C@@H](n2cc(C#Cc3ccccc3)c(=O)[nH]c2=O)[C@H](OC(C)=O)[C@@H]1OC(C)=O. The number of esters is 3. The minimum absolute atomic E-state index is 0.0545. The smallest absolute Gasteiger partial charge is 0.330 e. The van der Waals surface area contributed by atoms with Gasteiger partial charge in [0.25, 0.3) is 5.56 Å². The summed E-state index contributed by atoms with van der Waals surface area (Å²) in [6.07, 6.45) is -3.67. The topological polar surface area (TPSA) is 143 Å². The monoisotopic (exact) mass is 470 g/mol.